The normalized spacial score (nSPS) is 11.1. The molecule has 0 N–H and O–H groups in total. The van der Waals surface area contributed by atoms with E-state index in [1.165, 1.54) is 5.56 Å². The van der Waals surface area contributed by atoms with Crippen molar-refractivity contribution in [3.8, 4) is 5.75 Å². The summed E-state index contributed by atoms with van der Waals surface area (Å²) < 4.78 is 7.86. The third-order valence-corrected chi connectivity index (χ3v) is 5.46. The maximum Gasteiger partial charge on any atom is 0.253 e. The van der Waals surface area contributed by atoms with Gasteiger partial charge < -0.3 is 14.2 Å². The molecule has 0 bridgehead atoms. The van der Waals surface area contributed by atoms with Crippen LogP contribution in [-0.2, 0) is 13.0 Å². The predicted octanol–water partition coefficient (Wildman–Crippen LogP) is 5.31. The summed E-state index contributed by atoms with van der Waals surface area (Å²) in [6.45, 7) is 11.2. The van der Waals surface area contributed by atoms with E-state index in [0.717, 1.165) is 48.4 Å². The van der Waals surface area contributed by atoms with Gasteiger partial charge in [-0.05, 0) is 63.1 Å². The number of carbonyl (C=O) groups excluding carboxylic acids is 1. The summed E-state index contributed by atoms with van der Waals surface area (Å²) in [4.78, 5) is 19.5. The molecule has 0 aliphatic heterocycles. The maximum atomic E-state index is 12.8. The van der Waals surface area contributed by atoms with Gasteiger partial charge in [0.1, 0.15) is 11.6 Å². The summed E-state index contributed by atoms with van der Waals surface area (Å²) in [7, 11) is 0. The number of hydrogen-bond acceptors (Lipinski definition) is 3. The van der Waals surface area contributed by atoms with Gasteiger partial charge in [0.05, 0.1) is 17.6 Å². The number of rotatable bonds is 10. The Bertz CT molecular complexity index is 972. The second-order valence-corrected chi connectivity index (χ2v) is 7.47. The van der Waals surface area contributed by atoms with Crippen molar-refractivity contribution in [3.63, 3.8) is 0 Å². The Balaban J connectivity index is 1.94. The highest BCUT2D eigenvalue weighted by molar-refractivity contribution is 5.97. The SMILES string of the molecule is CCCCn1c(Cc2ccc(OCC)cc2)nc2cc(C(=O)N(CC)CC)ccc21. The van der Waals surface area contributed by atoms with Gasteiger partial charge in [0, 0.05) is 31.6 Å². The van der Waals surface area contributed by atoms with Crippen molar-refractivity contribution < 1.29 is 9.53 Å². The van der Waals surface area contributed by atoms with Gasteiger partial charge >= 0.3 is 0 Å². The van der Waals surface area contributed by atoms with E-state index in [4.69, 9.17) is 9.72 Å². The van der Waals surface area contributed by atoms with Crippen LogP contribution in [-0.4, -0.2) is 40.1 Å². The van der Waals surface area contributed by atoms with Crippen LogP contribution in [0.4, 0.5) is 0 Å². The Kier molecular flexibility index (Phi) is 7.50. The molecular weight excluding hydrogens is 374 g/mol. The molecule has 0 saturated heterocycles. The molecule has 0 radical (unpaired) electrons. The molecule has 5 nitrogen and oxygen atoms in total. The average Bonchev–Trinajstić information content (AvgIpc) is 3.10. The highest BCUT2D eigenvalue weighted by Gasteiger charge is 2.16. The first-order valence-corrected chi connectivity index (χ1v) is 11.1. The number of hydrogen-bond donors (Lipinski definition) is 0. The van der Waals surface area contributed by atoms with Crippen molar-refractivity contribution in [3.05, 3.63) is 59.4 Å². The molecular formula is C25H33N3O2. The number of unbranched alkanes of at least 4 members (excludes halogenated alkanes) is 1. The quantitative estimate of drug-likeness (QED) is 0.458. The third-order valence-electron chi connectivity index (χ3n) is 5.46. The zero-order chi connectivity index (χ0) is 21.5. The molecule has 3 aromatic rings. The first-order valence-electron chi connectivity index (χ1n) is 11.1. The minimum atomic E-state index is 0.0677. The van der Waals surface area contributed by atoms with Crippen molar-refractivity contribution in [1.29, 1.82) is 0 Å². The molecule has 1 aromatic heterocycles. The van der Waals surface area contributed by atoms with Gasteiger partial charge in [-0.25, -0.2) is 4.98 Å². The Morgan fingerprint density at radius 1 is 1.03 bits per heavy atom. The Hall–Kier alpha value is -2.82. The van der Waals surface area contributed by atoms with E-state index in [2.05, 4.69) is 29.7 Å². The Labute approximate surface area is 179 Å². The lowest BCUT2D eigenvalue weighted by Gasteiger charge is -2.18. The molecule has 3 rings (SSSR count). The number of fused-ring (bicyclic) bond motifs is 1. The van der Waals surface area contributed by atoms with Gasteiger partial charge in [0.25, 0.3) is 5.91 Å². The Morgan fingerprint density at radius 2 is 1.77 bits per heavy atom. The molecule has 0 atom stereocenters. The van der Waals surface area contributed by atoms with Crippen LogP contribution in [0, 0.1) is 0 Å². The van der Waals surface area contributed by atoms with Gasteiger partial charge in [-0.1, -0.05) is 25.5 Å². The number of benzene rings is 2. The minimum Gasteiger partial charge on any atom is -0.494 e. The summed E-state index contributed by atoms with van der Waals surface area (Å²) in [5.74, 6) is 1.99. The standard InChI is InChI=1S/C25H33N3O2/c1-5-9-16-28-23-15-12-20(25(29)27(6-2)7-3)18-22(23)26-24(28)17-19-10-13-21(14-11-19)30-8-4/h10-15,18H,5-9,16-17H2,1-4H3. The van der Waals surface area contributed by atoms with E-state index in [9.17, 15) is 4.79 Å². The highest BCUT2D eigenvalue weighted by atomic mass is 16.5. The molecule has 0 aliphatic carbocycles. The molecule has 0 spiro atoms. The molecule has 160 valence electrons. The van der Waals surface area contributed by atoms with Gasteiger partial charge in [0.15, 0.2) is 0 Å². The largest absolute Gasteiger partial charge is 0.494 e. The van der Waals surface area contributed by atoms with E-state index < -0.39 is 0 Å². The van der Waals surface area contributed by atoms with Crippen LogP contribution < -0.4 is 4.74 Å². The zero-order valence-corrected chi connectivity index (χ0v) is 18.6. The number of carbonyl (C=O) groups is 1. The number of imidazole rings is 1. The minimum absolute atomic E-state index is 0.0677. The molecule has 2 aromatic carbocycles. The van der Waals surface area contributed by atoms with E-state index in [1.54, 1.807) is 0 Å². The summed E-state index contributed by atoms with van der Waals surface area (Å²) >= 11 is 0. The number of ether oxygens (including phenoxy) is 1. The average molecular weight is 408 g/mol. The van der Waals surface area contributed by atoms with Crippen molar-refractivity contribution in [2.45, 2.75) is 53.5 Å². The molecule has 0 saturated carbocycles. The van der Waals surface area contributed by atoms with E-state index in [1.807, 2.05) is 49.9 Å². The molecule has 0 aliphatic rings. The first-order chi connectivity index (χ1) is 14.6. The van der Waals surface area contributed by atoms with Crippen LogP contribution in [0.2, 0.25) is 0 Å². The van der Waals surface area contributed by atoms with Crippen molar-refractivity contribution in [2.75, 3.05) is 19.7 Å². The van der Waals surface area contributed by atoms with Crippen LogP contribution >= 0.6 is 0 Å². The second kappa shape index (κ2) is 10.3. The van der Waals surface area contributed by atoms with Crippen LogP contribution in [0.25, 0.3) is 11.0 Å². The van der Waals surface area contributed by atoms with E-state index in [0.29, 0.717) is 25.3 Å². The second-order valence-electron chi connectivity index (χ2n) is 7.47. The highest BCUT2D eigenvalue weighted by Crippen LogP contribution is 2.23. The smallest absolute Gasteiger partial charge is 0.253 e. The zero-order valence-electron chi connectivity index (χ0n) is 18.6. The molecule has 5 heteroatoms. The number of aromatic nitrogens is 2. The van der Waals surface area contributed by atoms with Crippen molar-refractivity contribution in [1.82, 2.24) is 14.5 Å². The lowest BCUT2D eigenvalue weighted by molar-refractivity contribution is 0.0773. The van der Waals surface area contributed by atoms with Gasteiger partial charge in [0.2, 0.25) is 0 Å². The first kappa shape index (κ1) is 21.9. The van der Waals surface area contributed by atoms with Crippen molar-refractivity contribution in [2.24, 2.45) is 0 Å². The van der Waals surface area contributed by atoms with Crippen LogP contribution in [0.1, 0.15) is 62.3 Å². The molecule has 0 fully saturated rings. The fourth-order valence-electron chi connectivity index (χ4n) is 3.76. The summed E-state index contributed by atoms with van der Waals surface area (Å²) in [5.41, 5.74) is 3.90. The van der Waals surface area contributed by atoms with Crippen LogP contribution in [0.3, 0.4) is 0 Å². The molecule has 1 amide bonds. The topological polar surface area (TPSA) is 47.4 Å². The van der Waals surface area contributed by atoms with Crippen LogP contribution in [0.5, 0.6) is 5.75 Å². The number of amides is 1. The van der Waals surface area contributed by atoms with Gasteiger partial charge in [-0.2, -0.15) is 0 Å². The monoisotopic (exact) mass is 407 g/mol. The number of nitrogens with zero attached hydrogens (tertiary/aromatic N) is 3. The van der Waals surface area contributed by atoms with Crippen molar-refractivity contribution >= 4 is 16.9 Å². The summed E-state index contributed by atoms with van der Waals surface area (Å²) in [6, 6.07) is 14.2. The maximum absolute atomic E-state index is 12.8. The van der Waals surface area contributed by atoms with E-state index >= 15 is 0 Å². The summed E-state index contributed by atoms with van der Waals surface area (Å²) in [6.07, 6.45) is 2.98. The lowest BCUT2D eigenvalue weighted by Crippen LogP contribution is -2.30. The number of aryl methyl sites for hydroxylation is 1. The molecule has 1 heterocycles. The van der Waals surface area contributed by atoms with Gasteiger partial charge in [-0.3, -0.25) is 4.79 Å². The lowest BCUT2D eigenvalue weighted by atomic mass is 10.1. The fraction of sp³-hybridized carbons (Fsp3) is 0.440. The third kappa shape index (κ3) is 4.84. The summed E-state index contributed by atoms with van der Waals surface area (Å²) in [5, 5.41) is 0. The van der Waals surface area contributed by atoms with Crippen LogP contribution in [0.15, 0.2) is 42.5 Å². The fourth-order valence-corrected chi connectivity index (χ4v) is 3.76. The molecule has 0 unspecified atom stereocenters. The Morgan fingerprint density at radius 3 is 2.40 bits per heavy atom. The van der Waals surface area contributed by atoms with Gasteiger partial charge in [-0.15, -0.1) is 0 Å². The molecule has 30 heavy (non-hydrogen) atoms. The van der Waals surface area contributed by atoms with E-state index in [-0.39, 0.29) is 5.91 Å². The predicted molar refractivity (Wildman–Crippen MR) is 122 cm³/mol.